The summed E-state index contributed by atoms with van der Waals surface area (Å²) in [7, 11) is 2.03. The molecule has 0 aliphatic carbocycles. The van der Waals surface area contributed by atoms with Crippen molar-refractivity contribution in [2.24, 2.45) is 0 Å². The molecular weight excluding hydrogens is 146 g/mol. The van der Waals surface area contributed by atoms with Gasteiger partial charge in [-0.25, -0.2) is 0 Å². The van der Waals surface area contributed by atoms with Gasteiger partial charge in [0, 0.05) is 6.21 Å². The van der Waals surface area contributed by atoms with Gasteiger partial charge in [-0.3, -0.25) is 0 Å². The maximum absolute atomic E-state index is 3.28. The number of hydrogen-bond acceptors (Lipinski definition) is 0. The molecule has 1 aromatic carbocycles. The molecule has 1 heteroatoms. The molecule has 0 amide bonds. The second kappa shape index (κ2) is 4.70. The minimum Gasteiger partial charge on any atom is -0.367 e. The molecule has 0 aromatic heterocycles. The van der Waals surface area contributed by atoms with E-state index in [2.05, 4.69) is 25.3 Å². The normalized spacial score (nSPS) is 11.7. The summed E-state index contributed by atoms with van der Waals surface area (Å²) in [5.74, 6) is 0. The van der Waals surface area contributed by atoms with E-state index in [1.54, 1.807) is 0 Å². The van der Waals surface area contributed by atoms with E-state index in [0.717, 1.165) is 12.8 Å². The van der Waals surface area contributed by atoms with Crippen LogP contribution in [0.25, 0.3) is 0 Å². The Hall–Kier alpha value is -1.11. The minimum absolute atomic E-state index is 1.02. The van der Waals surface area contributed by atoms with E-state index in [-0.39, 0.29) is 0 Å². The molecule has 0 saturated heterocycles. The zero-order chi connectivity index (χ0) is 8.81. The lowest BCUT2D eigenvalue weighted by molar-refractivity contribution is -0.400. The third kappa shape index (κ3) is 2.50. The van der Waals surface area contributed by atoms with E-state index in [9.17, 15) is 0 Å². The quantitative estimate of drug-likeness (QED) is 0.364. The third-order valence-electron chi connectivity index (χ3n) is 1.74. The van der Waals surface area contributed by atoms with Crippen LogP contribution in [0.4, 0.5) is 5.69 Å². The Morgan fingerprint density at radius 3 is 2.50 bits per heavy atom. The molecule has 64 valence electrons. The first-order valence-corrected chi connectivity index (χ1v) is 4.37. The molecule has 0 fully saturated rings. The van der Waals surface area contributed by atoms with Crippen LogP contribution in [0.5, 0.6) is 0 Å². The Kier molecular flexibility index (Phi) is 3.52. The summed E-state index contributed by atoms with van der Waals surface area (Å²) < 4.78 is 2.05. The summed E-state index contributed by atoms with van der Waals surface area (Å²) in [6, 6.07) is 10.3. The van der Waals surface area contributed by atoms with Crippen molar-refractivity contribution < 1.29 is 4.58 Å². The van der Waals surface area contributed by atoms with Crippen molar-refractivity contribution in [2.75, 3.05) is 7.05 Å². The SMILES string of the molecule is CCC[C-]=[N+](C)c1ccccc1. The van der Waals surface area contributed by atoms with Crippen LogP contribution in [0.2, 0.25) is 0 Å². The minimum atomic E-state index is 1.02. The van der Waals surface area contributed by atoms with Gasteiger partial charge in [0.15, 0.2) is 0 Å². The Labute approximate surface area is 74.4 Å². The van der Waals surface area contributed by atoms with E-state index in [1.165, 1.54) is 5.69 Å². The van der Waals surface area contributed by atoms with Crippen LogP contribution < -0.4 is 0 Å². The van der Waals surface area contributed by atoms with Gasteiger partial charge in [-0.1, -0.05) is 43.7 Å². The lowest BCUT2D eigenvalue weighted by atomic mass is 10.3. The molecule has 0 aliphatic heterocycles. The zero-order valence-electron chi connectivity index (χ0n) is 7.75. The van der Waals surface area contributed by atoms with E-state index >= 15 is 0 Å². The highest BCUT2D eigenvalue weighted by Crippen LogP contribution is 2.07. The van der Waals surface area contributed by atoms with Crippen LogP contribution >= 0.6 is 0 Å². The number of hydrogen-bond donors (Lipinski definition) is 0. The average molecular weight is 161 g/mol. The molecule has 1 aromatic rings. The maximum atomic E-state index is 3.28. The third-order valence-corrected chi connectivity index (χ3v) is 1.74. The van der Waals surface area contributed by atoms with Crippen LogP contribution in [0.1, 0.15) is 19.8 Å². The zero-order valence-corrected chi connectivity index (χ0v) is 7.75. The second-order valence-electron chi connectivity index (χ2n) is 2.80. The van der Waals surface area contributed by atoms with Gasteiger partial charge < -0.3 is 4.58 Å². The van der Waals surface area contributed by atoms with Crippen LogP contribution in [-0.2, 0) is 0 Å². The molecule has 12 heavy (non-hydrogen) atoms. The van der Waals surface area contributed by atoms with Crippen LogP contribution in [0, 0.1) is 0 Å². The van der Waals surface area contributed by atoms with E-state index in [1.807, 2.05) is 29.8 Å². The number of rotatable bonds is 3. The van der Waals surface area contributed by atoms with Gasteiger partial charge in [-0.15, -0.1) is 0 Å². The second-order valence-corrected chi connectivity index (χ2v) is 2.80. The predicted octanol–water partition coefficient (Wildman–Crippen LogP) is 2.71. The van der Waals surface area contributed by atoms with Gasteiger partial charge in [-0.2, -0.15) is 0 Å². The monoisotopic (exact) mass is 161 g/mol. The molecule has 0 heterocycles. The van der Waals surface area contributed by atoms with Crippen molar-refractivity contribution in [3.8, 4) is 0 Å². The number of benzene rings is 1. The Balaban J connectivity index is 2.71. The first-order valence-electron chi connectivity index (χ1n) is 4.37. The van der Waals surface area contributed by atoms with Crippen LogP contribution in [-0.4, -0.2) is 17.8 Å². The lowest BCUT2D eigenvalue weighted by Gasteiger charge is -2.05. The molecule has 1 rings (SSSR count). The van der Waals surface area contributed by atoms with Crippen molar-refractivity contribution in [3.05, 3.63) is 30.3 Å². The van der Waals surface area contributed by atoms with Crippen molar-refractivity contribution in [2.45, 2.75) is 19.8 Å². The molecule has 0 N–H and O–H groups in total. The Bertz CT molecular complexity index is 249. The van der Waals surface area contributed by atoms with E-state index < -0.39 is 0 Å². The first kappa shape index (κ1) is 8.98. The van der Waals surface area contributed by atoms with Crippen molar-refractivity contribution in [1.82, 2.24) is 0 Å². The molecule has 0 bridgehead atoms. The number of para-hydroxylation sites is 1. The Morgan fingerprint density at radius 1 is 1.25 bits per heavy atom. The fourth-order valence-electron chi connectivity index (χ4n) is 1.02. The van der Waals surface area contributed by atoms with Crippen LogP contribution in [0.3, 0.4) is 0 Å². The molecule has 1 nitrogen and oxygen atoms in total. The molecule has 0 spiro atoms. The van der Waals surface area contributed by atoms with E-state index in [4.69, 9.17) is 0 Å². The van der Waals surface area contributed by atoms with Gasteiger partial charge in [-0.05, 0) is 6.42 Å². The smallest absolute Gasteiger partial charge is 0.105 e. The maximum Gasteiger partial charge on any atom is 0.105 e. The fraction of sp³-hybridized carbons (Fsp3) is 0.364. The molecule has 0 radical (unpaired) electrons. The largest absolute Gasteiger partial charge is 0.367 e. The summed E-state index contributed by atoms with van der Waals surface area (Å²) in [6.07, 6.45) is 5.45. The molecule has 0 saturated carbocycles. The molecule has 0 atom stereocenters. The van der Waals surface area contributed by atoms with Crippen LogP contribution in [0.15, 0.2) is 30.3 Å². The number of unbranched alkanes of at least 4 members (excludes halogenated alkanes) is 1. The summed E-state index contributed by atoms with van der Waals surface area (Å²) >= 11 is 0. The lowest BCUT2D eigenvalue weighted by Crippen LogP contribution is -1.98. The van der Waals surface area contributed by atoms with Gasteiger partial charge in [0.1, 0.15) is 7.05 Å². The summed E-state index contributed by atoms with van der Waals surface area (Å²) in [4.78, 5) is 0. The predicted molar refractivity (Wildman–Crippen MR) is 52.2 cm³/mol. The molecule has 0 unspecified atom stereocenters. The standard InChI is InChI=1S/C11H15N/c1-3-4-10-12(2)11-8-6-5-7-9-11/h5-9H,3-4H2,1-2H3. The highest BCUT2D eigenvalue weighted by molar-refractivity contribution is 5.53. The summed E-state index contributed by atoms with van der Waals surface area (Å²) in [6.45, 7) is 2.16. The van der Waals surface area contributed by atoms with Gasteiger partial charge in [0.25, 0.3) is 0 Å². The van der Waals surface area contributed by atoms with Gasteiger partial charge in [0.2, 0.25) is 0 Å². The average Bonchev–Trinajstić information content (AvgIpc) is 2.15. The molecular formula is C11H15N. The van der Waals surface area contributed by atoms with Crippen molar-refractivity contribution in [1.29, 1.82) is 0 Å². The molecule has 0 aliphatic rings. The fourth-order valence-corrected chi connectivity index (χ4v) is 1.02. The Morgan fingerprint density at radius 2 is 1.92 bits per heavy atom. The van der Waals surface area contributed by atoms with Gasteiger partial charge >= 0.3 is 0 Å². The van der Waals surface area contributed by atoms with E-state index in [0.29, 0.717) is 0 Å². The number of nitrogens with zero attached hydrogens (tertiary/aromatic N) is 1. The van der Waals surface area contributed by atoms with Crippen molar-refractivity contribution in [3.63, 3.8) is 0 Å². The van der Waals surface area contributed by atoms with Gasteiger partial charge in [0.05, 0.1) is 5.69 Å². The summed E-state index contributed by atoms with van der Waals surface area (Å²) in [5.41, 5.74) is 1.20. The first-order chi connectivity index (χ1) is 5.84. The highest BCUT2D eigenvalue weighted by atomic mass is 15.0. The topological polar surface area (TPSA) is 3.01 Å². The van der Waals surface area contributed by atoms with Crippen molar-refractivity contribution >= 4 is 11.9 Å². The highest BCUT2D eigenvalue weighted by Gasteiger charge is 1.87. The summed E-state index contributed by atoms with van der Waals surface area (Å²) in [5, 5.41) is 0.